The Kier molecular flexibility index (Phi) is 3.25. The van der Waals surface area contributed by atoms with Gasteiger partial charge in [0.1, 0.15) is 11.4 Å². The number of aryl methyl sites for hydroxylation is 1. The summed E-state index contributed by atoms with van der Waals surface area (Å²) < 4.78 is 43.3. The third-order valence-corrected chi connectivity index (χ3v) is 3.42. The summed E-state index contributed by atoms with van der Waals surface area (Å²) in [6.07, 6.45) is -5.24. The topological polar surface area (TPSA) is 79.5 Å². The van der Waals surface area contributed by atoms with Crippen molar-refractivity contribution in [2.45, 2.75) is 26.1 Å². The minimum atomic E-state index is -4.77. The smallest absolute Gasteiger partial charge is 0.406 e. The molecule has 1 unspecified atom stereocenters. The lowest BCUT2D eigenvalue weighted by molar-refractivity contribution is -0.227. The lowest BCUT2D eigenvalue weighted by Gasteiger charge is -2.27. The van der Waals surface area contributed by atoms with E-state index in [4.69, 9.17) is 5.11 Å². The van der Waals surface area contributed by atoms with Crippen molar-refractivity contribution < 1.29 is 27.7 Å². The summed E-state index contributed by atoms with van der Waals surface area (Å²) in [5.74, 6) is -1.84. The zero-order chi connectivity index (χ0) is 14.3. The molecule has 0 amide bonds. The largest absolute Gasteiger partial charge is 0.481 e. The van der Waals surface area contributed by atoms with Crippen molar-refractivity contribution in [2.75, 3.05) is 13.1 Å². The summed E-state index contributed by atoms with van der Waals surface area (Å²) in [5, 5.41) is 16.0. The van der Waals surface area contributed by atoms with Gasteiger partial charge in [-0.25, -0.2) is 4.63 Å². The number of aliphatic carboxylic acids is 1. The second-order valence-electron chi connectivity index (χ2n) is 4.64. The van der Waals surface area contributed by atoms with Crippen molar-refractivity contribution in [3.05, 3.63) is 11.4 Å². The molecule has 1 aliphatic rings. The quantitative estimate of drug-likeness (QED) is 0.896. The second-order valence-corrected chi connectivity index (χ2v) is 4.64. The van der Waals surface area contributed by atoms with Crippen LogP contribution in [-0.2, 0) is 11.3 Å². The van der Waals surface area contributed by atoms with E-state index in [1.165, 1.54) is 4.90 Å². The minimum absolute atomic E-state index is 0.0398. The van der Waals surface area contributed by atoms with Gasteiger partial charge in [-0.2, -0.15) is 13.2 Å². The molecule has 1 fully saturated rings. The summed E-state index contributed by atoms with van der Waals surface area (Å²) in [7, 11) is 0. The van der Waals surface area contributed by atoms with E-state index in [0.717, 1.165) is 0 Å². The zero-order valence-electron chi connectivity index (χ0n) is 10.1. The number of carboxylic acids is 1. The van der Waals surface area contributed by atoms with Gasteiger partial charge in [-0.15, -0.1) is 0 Å². The van der Waals surface area contributed by atoms with E-state index < -0.39 is 30.5 Å². The number of nitrogens with zero attached hydrogens (tertiary/aromatic N) is 3. The van der Waals surface area contributed by atoms with E-state index in [1.54, 1.807) is 6.92 Å². The molecule has 2 rings (SSSR count). The maximum absolute atomic E-state index is 12.9. The number of hydrogen-bond acceptors (Lipinski definition) is 5. The SMILES string of the molecule is Cc1nonc1CN1CCC(C(=O)O)(C(F)(F)F)C1. The van der Waals surface area contributed by atoms with Crippen LogP contribution in [-0.4, -0.2) is 45.6 Å². The number of alkyl halides is 3. The normalized spacial score (nSPS) is 24.8. The van der Waals surface area contributed by atoms with Crippen molar-refractivity contribution in [1.29, 1.82) is 0 Å². The van der Waals surface area contributed by atoms with Gasteiger partial charge in [-0.3, -0.25) is 9.69 Å². The van der Waals surface area contributed by atoms with Crippen LogP contribution in [0.15, 0.2) is 4.63 Å². The van der Waals surface area contributed by atoms with Crippen LogP contribution < -0.4 is 0 Å². The third-order valence-electron chi connectivity index (χ3n) is 3.42. The molecule has 1 aliphatic heterocycles. The molecule has 0 saturated carbocycles. The number of rotatable bonds is 3. The monoisotopic (exact) mass is 279 g/mol. The minimum Gasteiger partial charge on any atom is -0.481 e. The first kappa shape index (κ1) is 13.8. The van der Waals surface area contributed by atoms with E-state index >= 15 is 0 Å². The highest BCUT2D eigenvalue weighted by atomic mass is 19.4. The molecule has 0 spiro atoms. The molecule has 6 nitrogen and oxygen atoms in total. The number of halogens is 3. The molecule has 1 saturated heterocycles. The van der Waals surface area contributed by atoms with E-state index in [0.29, 0.717) is 11.4 Å². The molecule has 2 heterocycles. The van der Waals surface area contributed by atoms with Gasteiger partial charge in [0.25, 0.3) is 0 Å². The number of aromatic nitrogens is 2. The molecule has 1 N–H and O–H groups in total. The maximum atomic E-state index is 12.9. The molecule has 19 heavy (non-hydrogen) atoms. The van der Waals surface area contributed by atoms with Gasteiger partial charge in [0.15, 0.2) is 5.41 Å². The van der Waals surface area contributed by atoms with Crippen LogP contribution in [0.4, 0.5) is 13.2 Å². The fourth-order valence-electron chi connectivity index (χ4n) is 2.16. The van der Waals surface area contributed by atoms with Crippen LogP contribution in [0.25, 0.3) is 0 Å². The predicted molar refractivity (Wildman–Crippen MR) is 55.1 cm³/mol. The number of hydrogen-bond donors (Lipinski definition) is 1. The van der Waals surface area contributed by atoms with Crippen molar-refractivity contribution in [2.24, 2.45) is 5.41 Å². The highest BCUT2D eigenvalue weighted by Crippen LogP contribution is 2.45. The van der Waals surface area contributed by atoms with Crippen molar-refractivity contribution in [3.8, 4) is 0 Å². The molecule has 1 aromatic heterocycles. The van der Waals surface area contributed by atoms with Crippen LogP contribution in [0.5, 0.6) is 0 Å². The first-order valence-electron chi connectivity index (χ1n) is 5.57. The summed E-state index contributed by atoms with van der Waals surface area (Å²) >= 11 is 0. The Labute approximate surface area is 106 Å². The number of likely N-dealkylation sites (tertiary alicyclic amines) is 1. The highest BCUT2D eigenvalue weighted by Gasteiger charge is 2.63. The number of carbonyl (C=O) groups is 1. The Morgan fingerprint density at radius 3 is 2.63 bits per heavy atom. The van der Waals surface area contributed by atoms with E-state index in [-0.39, 0.29) is 13.1 Å². The molecular formula is C10H12F3N3O3. The van der Waals surface area contributed by atoms with E-state index in [1.807, 2.05) is 0 Å². The Balaban J connectivity index is 2.14. The lowest BCUT2D eigenvalue weighted by atomic mass is 9.86. The van der Waals surface area contributed by atoms with Gasteiger partial charge in [-0.05, 0) is 13.3 Å². The summed E-state index contributed by atoms with van der Waals surface area (Å²) in [6.45, 7) is 1.17. The van der Waals surface area contributed by atoms with Crippen LogP contribution in [0.3, 0.4) is 0 Å². The second kappa shape index (κ2) is 4.48. The fourth-order valence-corrected chi connectivity index (χ4v) is 2.16. The van der Waals surface area contributed by atoms with Crippen LogP contribution >= 0.6 is 0 Å². The van der Waals surface area contributed by atoms with Gasteiger partial charge in [-0.1, -0.05) is 10.3 Å². The van der Waals surface area contributed by atoms with E-state index in [9.17, 15) is 18.0 Å². The average Bonchev–Trinajstić information content (AvgIpc) is 2.87. The molecular weight excluding hydrogens is 267 g/mol. The molecule has 9 heteroatoms. The van der Waals surface area contributed by atoms with Gasteiger partial charge >= 0.3 is 12.1 Å². The van der Waals surface area contributed by atoms with Crippen molar-refractivity contribution in [3.63, 3.8) is 0 Å². The Morgan fingerprint density at radius 2 is 2.21 bits per heavy atom. The third kappa shape index (κ3) is 2.29. The first-order chi connectivity index (χ1) is 8.76. The van der Waals surface area contributed by atoms with Crippen molar-refractivity contribution in [1.82, 2.24) is 15.2 Å². The lowest BCUT2D eigenvalue weighted by Crippen LogP contribution is -2.47. The van der Waals surface area contributed by atoms with Gasteiger partial charge in [0.2, 0.25) is 0 Å². The van der Waals surface area contributed by atoms with Crippen LogP contribution in [0, 0.1) is 12.3 Å². The summed E-state index contributed by atoms with van der Waals surface area (Å²) in [6, 6.07) is 0. The van der Waals surface area contributed by atoms with E-state index in [2.05, 4.69) is 14.9 Å². The first-order valence-corrected chi connectivity index (χ1v) is 5.57. The highest BCUT2D eigenvalue weighted by molar-refractivity contribution is 5.76. The summed E-state index contributed by atoms with van der Waals surface area (Å²) in [4.78, 5) is 12.4. The Bertz CT molecular complexity index is 488. The van der Waals surface area contributed by atoms with Crippen molar-refractivity contribution >= 4 is 5.97 Å². The molecule has 0 bridgehead atoms. The molecule has 0 aromatic carbocycles. The molecule has 106 valence electrons. The summed E-state index contributed by atoms with van der Waals surface area (Å²) in [5.41, 5.74) is -1.79. The molecule has 0 aliphatic carbocycles. The average molecular weight is 279 g/mol. The standard InChI is InChI=1S/C10H12F3N3O3/c1-6-7(15-19-14-6)4-16-3-2-9(5-16,8(17)18)10(11,12)13/h2-5H2,1H3,(H,17,18). The Hall–Kier alpha value is -1.64. The van der Waals surface area contributed by atoms with Gasteiger partial charge < -0.3 is 5.11 Å². The fraction of sp³-hybridized carbons (Fsp3) is 0.700. The molecule has 0 radical (unpaired) electrons. The van der Waals surface area contributed by atoms with Crippen LogP contribution in [0.1, 0.15) is 17.8 Å². The van der Waals surface area contributed by atoms with Gasteiger partial charge in [0.05, 0.1) is 0 Å². The Morgan fingerprint density at radius 1 is 1.53 bits per heavy atom. The number of carboxylic acid groups (broad SMARTS) is 1. The maximum Gasteiger partial charge on any atom is 0.406 e. The zero-order valence-corrected chi connectivity index (χ0v) is 10.1. The molecule has 1 atom stereocenters. The molecule has 1 aromatic rings. The predicted octanol–water partition coefficient (Wildman–Crippen LogP) is 1.22. The van der Waals surface area contributed by atoms with Gasteiger partial charge in [0, 0.05) is 19.6 Å². The van der Waals surface area contributed by atoms with Crippen LogP contribution in [0.2, 0.25) is 0 Å².